The molecule has 54 heavy (non-hydrogen) atoms. The number of aryl methyl sites for hydroxylation is 6. The number of anilines is 1. The van der Waals surface area contributed by atoms with Gasteiger partial charge >= 0.3 is 0 Å². The maximum absolute atomic E-state index is 14.8. The molecule has 7 aromatic carbocycles. The Labute approximate surface area is 315 Å². The largest absolute Gasteiger partial charge is 0.307 e. The van der Waals surface area contributed by atoms with E-state index in [1.165, 1.54) is 49.4 Å². The number of hydrogen-bond acceptors (Lipinski definition) is 2. The van der Waals surface area contributed by atoms with E-state index < -0.39 is 0 Å². The van der Waals surface area contributed by atoms with Crippen LogP contribution in [0.15, 0.2) is 133 Å². The van der Waals surface area contributed by atoms with E-state index >= 15 is 0 Å². The van der Waals surface area contributed by atoms with Crippen LogP contribution in [0.4, 0.5) is 5.69 Å². The van der Waals surface area contributed by atoms with Gasteiger partial charge in [0.05, 0.1) is 33.5 Å². The minimum atomic E-state index is -0.326. The molecule has 262 valence electrons. The second-order valence-electron chi connectivity index (χ2n) is 14.8. The van der Waals surface area contributed by atoms with Crippen LogP contribution in [0.3, 0.4) is 0 Å². The highest BCUT2D eigenvalue weighted by atomic mass is 16.2. The maximum atomic E-state index is 14.8. The van der Waals surface area contributed by atoms with Crippen LogP contribution < -0.4 is 4.90 Å². The number of benzene rings is 7. The highest BCUT2D eigenvalue weighted by molar-refractivity contribution is 6.36. The van der Waals surface area contributed by atoms with Crippen molar-refractivity contribution in [1.82, 2.24) is 4.57 Å². The van der Waals surface area contributed by atoms with Crippen LogP contribution in [0.5, 0.6) is 0 Å². The van der Waals surface area contributed by atoms with Crippen molar-refractivity contribution in [3.8, 4) is 39.1 Å². The molecule has 2 amide bonds. The van der Waals surface area contributed by atoms with E-state index in [0.717, 1.165) is 44.1 Å². The quantitative estimate of drug-likeness (QED) is 0.168. The lowest BCUT2D eigenvalue weighted by Gasteiger charge is -2.19. The van der Waals surface area contributed by atoms with Gasteiger partial charge in [0.15, 0.2) is 0 Å². The van der Waals surface area contributed by atoms with Gasteiger partial charge in [0.1, 0.15) is 0 Å². The van der Waals surface area contributed by atoms with E-state index in [9.17, 15) is 9.59 Å². The number of carbonyl (C=O) groups excluding carboxylic acids is 2. The first-order valence-electron chi connectivity index (χ1n) is 18.5. The second-order valence-corrected chi connectivity index (χ2v) is 14.8. The van der Waals surface area contributed by atoms with E-state index in [4.69, 9.17) is 0 Å². The molecular weight excluding hydrogens is 661 g/mol. The van der Waals surface area contributed by atoms with Crippen molar-refractivity contribution in [1.29, 1.82) is 0 Å². The Morgan fingerprint density at radius 3 is 1.39 bits per heavy atom. The van der Waals surface area contributed by atoms with Crippen molar-refractivity contribution in [2.24, 2.45) is 0 Å². The molecule has 1 aromatic heterocycles. The van der Waals surface area contributed by atoms with E-state index in [1.54, 1.807) is 6.07 Å². The average Bonchev–Trinajstić information content (AvgIpc) is 3.63. The van der Waals surface area contributed by atoms with Crippen LogP contribution in [-0.2, 0) is 0 Å². The monoisotopic (exact) mass is 700 g/mol. The SMILES string of the molecule is Cc1cc(C)c(-c2cccc3c4cccc(-c5c(C)cc(C)cc5C)c4n(-c4cccc5c4C(=O)N(c4ccc(-c6ccccc6)cc4)C5=O)c23)c(C)c1. The minimum Gasteiger partial charge on any atom is -0.307 e. The molecular formula is C50H40N2O2. The van der Waals surface area contributed by atoms with Crippen LogP contribution in [0.1, 0.15) is 54.1 Å². The Balaban J connectivity index is 1.35. The molecule has 4 nitrogen and oxygen atoms in total. The molecule has 2 heterocycles. The van der Waals surface area contributed by atoms with Crippen LogP contribution >= 0.6 is 0 Å². The number of imide groups is 1. The molecule has 9 rings (SSSR count). The number of carbonyl (C=O) groups is 2. The predicted molar refractivity (Wildman–Crippen MR) is 223 cm³/mol. The van der Waals surface area contributed by atoms with Crippen molar-refractivity contribution in [2.75, 3.05) is 4.90 Å². The first kappa shape index (κ1) is 33.3. The van der Waals surface area contributed by atoms with Gasteiger partial charge in [-0.25, -0.2) is 4.90 Å². The standard InChI is InChI=1S/C50H40N2O2/c1-29-25-31(3)44(32(4)26-29)40-17-10-15-38-39-16-11-18-41(45-33(5)27-30(2)28-34(45)6)48(39)52(47(38)40)43-20-12-19-42-46(43)50(54)51(49(42)53)37-23-21-36(22-24-37)35-13-8-7-9-14-35/h7-28H,1-6H3. The molecule has 0 unspecified atom stereocenters. The van der Waals surface area contributed by atoms with Crippen LogP contribution in [-0.4, -0.2) is 16.4 Å². The van der Waals surface area contributed by atoms with E-state index in [2.05, 4.69) is 119 Å². The molecule has 0 fully saturated rings. The summed E-state index contributed by atoms with van der Waals surface area (Å²) in [5, 5.41) is 2.18. The Bertz CT molecular complexity index is 2700. The zero-order chi connectivity index (χ0) is 37.4. The van der Waals surface area contributed by atoms with Gasteiger partial charge in [-0.1, -0.05) is 120 Å². The molecule has 1 aliphatic heterocycles. The summed E-state index contributed by atoms with van der Waals surface area (Å²) in [7, 11) is 0. The van der Waals surface area contributed by atoms with Crippen molar-refractivity contribution in [2.45, 2.75) is 41.5 Å². The Morgan fingerprint density at radius 1 is 0.407 bits per heavy atom. The number of para-hydroxylation sites is 2. The van der Waals surface area contributed by atoms with Gasteiger partial charge in [0, 0.05) is 21.9 Å². The number of rotatable bonds is 5. The van der Waals surface area contributed by atoms with Gasteiger partial charge in [-0.05, 0) is 110 Å². The van der Waals surface area contributed by atoms with Gasteiger partial charge in [-0.3, -0.25) is 9.59 Å². The van der Waals surface area contributed by atoms with Crippen molar-refractivity contribution in [3.63, 3.8) is 0 Å². The summed E-state index contributed by atoms with van der Waals surface area (Å²) in [6.45, 7) is 13.0. The average molecular weight is 701 g/mol. The first-order valence-corrected chi connectivity index (χ1v) is 18.5. The number of aromatic nitrogens is 1. The summed E-state index contributed by atoms with van der Waals surface area (Å²) >= 11 is 0. The highest BCUT2D eigenvalue weighted by Gasteiger charge is 2.39. The summed E-state index contributed by atoms with van der Waals surface area (Å²) in [6, 6.07) is 45.5. The molecule has 0 saturated carbocycles. The maximum Gasteiger partial charge on any atom is 0.268 e. The summed E-state index contributed by atoms with van der Waals surface area (Å²) in [5.41, 5.74) is 17.9. The molecule has 0 radical (unpaired) electrons. The molecule has 0 atom stereocenters. The fourth-order valence-electron chi connectivity index (χ4n) is 9.09. The zero-order valence-corrected chi connectivity index (χ0v) is 31.4. The highest BCUT2D eigenvalue weighted by Crippen LogP contribution is 2.46. The molecule has 0 spiro atoms. The lowest BCUT2D eigenvalue weighted by atomic mass is 9.91. The summed E-state index contributed by atoms with van der Waals surface area (Å²) in [4.78, 5) is 30.5. The second kappa shape index (κ2) is 12.6. The van der Waals surface area contributed by atoms with E-state index in [-0.39, 0.29) is 11.8 Å². The molecule has 0 saturated heterocycles. The predicted octanol–water partition coefficient (Wildman–Crippen LogP) is 12.4. The third-order valence-electron chi connectivity index (χ3n) is 11.1. The topological polar surface area (TPSA) is 42.3 Å². The third kappa shape index (κ3) is 5.05. The number of fused-ring (bicyclic) bond motifs is 4. The molecule has 0 aliphatic carbocycles. The zero-order valence-electron chi connectivity index (χ0n) is 31.4. The molecule has 1 aliphatic rings. The van der Waals surface area contributed by atoms with Crippen LogP contribution in [0.25, 0.3) is 60.9 Å². The number of hydrogen-bond donors (Lipinski definition) is 0. The van der Waals surface area contributed by atoms with E-state index in [0.29, 0.717) is 22.5 Å². The van der Waals surface area contributed by atoms with Crippen molar-refractivity contribution in [3.05, 3.63) is 178 Å². The molecule has 0 bridgehead atoms. The first-order chi connectivity index (χ1) is 26.1. The Kier molecular flexibility index (Phi) is 7.75. The summed E-state index contributed by atoms with van der Waals surface area (Å²) < 4.78 is 2.28. The summed E-state index contributed by atoms with van der Waals surface area (Å²) in [5.74, 6) is -0.644. The smallest absolute Gasteiger partial charge is 0.268 e. The third-order valence-corrected chi connectivity index (χ3v) is 11.1. The minimum absolute atomic E-state index is 0.319. The normalized spacial score (nSPS) is 12.7. The van der Waals surface area contributed by atoms with Gasteiger partial charge < -0.3 is 4.57 Å². The lowest BCUT2D eigenvalue weighted by Crippen LogP contribution is -2.29. The van der Waals surface area contributed by atoms with Gasteiger partial charge in [0.25, 0.3) is 11.8 Å². The molecule has 8 aromatic rings. The Hall–Kier alpha value is -6.52. The van der Waals surface area contributed by atoms with E-state index in [1.807, 2.05) is 54.6 Å². The lowest BCUT2D eigenvalue weighted by molar-refractivity contribution is 0.0926. The van der Waals surface area contributed by atoms with Crippen LogP contribution in [0, 0.1) is 41.5 Å². The number of amides is 2. The van der Waals surface area contributed by atoms with Crippen LogP contribution in [0.2, 0.25) is 0 Å². The molecule has 4 heteroatoms. The number of nitrogens with zero attached hydrogens (tertiary/aromatic N) is 2. The fraction of sp³-hybridized carbons (Fsp3) is 0.120. The fourth-order valence-corrected chi connectivity index (χ4v) is 9.09. The van der Waals surface area contributed by atoms with Crippen molar-refractivity contribution < 1.29 is 9.59 Å². The van der Waals surface area contributed by atoms with Crippen molar-refractivity contribution >= 4 is 39.3 Å². The summed E-state index contributed by atoms with van der Waals surface area (Å²) in [6.07, 6.45) is 0. The van der Waals surface area contributed by atoms with Gasteiger partial charge in [-0.2, -0.15) is 0 Å². The van der Waals surface area contributed by atoms with Gasteiger partial charge in [-0.15, -0.1) is 0 Å². The van der Waals surface area contributed by atoms with Gasteiger partial charge in [0.2, 0.25) is 0 Å². The molecule has 0 N–H and O–H groups in total. The Morgan fingerprint density at radius 2 is 0.870 bits per heavy atom.